The summed E-state index contributed by atoms with van der Waals surface area (Å²) in [6.07, 6.45) is 6.15. The lowest BCUT2D eigenvalue weighted by molar-refractivity contribution is 0.407. The van der Waals surface area contributed by atoms with Gasteiger partial charge in [0, 0.05) is 0 Å². The van der Waals surface area contributed by atoms with Gasteiger partial charge in [0.25, 0.3) is 0 Å². The third kappa shape index (κ3) is 2.76. The molecular weight excluding hydrogens is 186 g/mol. The molecule has 0 fully saturated rings. The van der Waals surface area contributed by atoms with Gasteiger partial charge in [-0.2, -0.15) is 0 Å². The molecule has 0 radical (unpaired) electrons. The highest BCUT2D eigenvalue weighted by Crippen LogP contribution is 2.24. The summed E-state index contributed by atoms with van der Waals surface area (Å²) in [4.78, 5) is 4.46. The van der Waals surface area contributed by atoms with Gasteiger partial charge in [-0.1, -0.05) is 26.7 Å². The van der Waals surface area contributed by atoms with Crippen LogP contribution in [0, 0.1) is 24.7 Å². The number of anilines is 1. The fourth-order valence-corrected chi connectivity index (χ4v) is 1.57. The van der Waals surface area contributed by atoms with Gasteiger partial charge in [0.15, 0.2) is 0 Å². The number of hydrogen-bond acceptors (Lipinski definition) is 2. The van der Waals surface area contributed by atoms with E-state index in [1.807, 2.05) is 11.5 Å². The van der Waals surface area contributed by atoms with Crippen LogP contribution in [0.4, 0.5) is 5.82 Å². The number of imidazole rings is 1. The molecule has 0 aliphatic heterocycles. The zero-order valence-corrected chi connectivity index (χ0v) is 9.96. The minimum Gasteiger partial charge on any atom is -0.384 e. The van der Waals surface area contributed by atoms with Crippen LogP contribution in [0.3, 0.4) is 0 Å². The van der Waals surface area contributed by atoms with Crippen molar-refractivity contribution in [2.75, 3.05) is 5.73 Å². The summed E-state index contributed by atoms with van der Waals surface area (Å²) in [5.74, 6) is 4.19. The van der Waals surface area contributed by atoms with Gasteiger partial charge in [0.05, 0.1) is 12.2 Å². The van der Waals surface area contributed by atoms with E-state index in [0.29, 0.717) is 12.4 Å². The highest BCUT2D eigenvalue weighted by Gasteiger charge is 2.18. The van der Waals surface area contributed by atoms with Gasteiger partial charge < -0.3 is 10.3 Å². The Bertz CT molecular complexity index is 388. The normalized spacial score (nSPS) is 11.4. The van der Waals surface area contributed by atoms with Crippen LogP contribution in [0.1, 0.15) is 32.3 Å². The molecule has 2 N–H and O–H groups in total. The maximum Gasteiger partial charge on any atom is 0.127 e. The second kappa shape index (κ2) is 3.98. The summed E-state index contributed by atoms with van der Waals surface area (Å²) in [5, 5.41) is 0. The predicted molar refractivity (Wildman–Crippen MR) is 63.4 cm³/mol. The van der Waals surface area contributed by atoms with Crippen LogP contribution in [-0.2, 0) is 13.0 Å². The predicted octanol–water partition coefficient (Wildman–Crippen LogP) is 2.00. The number of aromatic nitrogens is 2. The van der Waals surface area contributed by atoms with Crippen LogP contribution in [-0.4, -0.2) is 9.55 Å². The highest BCUT2D eigenvalue weighted by atomic mass is 15.1. The molecule has 1 aromatic heterocycles. The quantitative estimate of drug-likeness (QED) is 0.750. The Morgan fingerprint density at radius 1 is 1.47 bits per heavy atom. The average Bonchev–Trinajstić information content (AvgIpc) is 2.30. The lowest BCUT2D eigenvalue weighted by Crippen LogP contribution is -2.11. The summed E-state index contributed by atoms with van der Waals surface area (Å²) in [7, 11) is 0. The molecule has 0 amide bonds. The summed E-state index contributed by atoms with van der Waals surface area (Å²) in [6.45, 7) is 8.93. The number of hydrogen-bond donors (Lipinski definition) is 1. The van der Waals surface area contributed by atoms with E-state index in [9.17, 15) is 0 Å². The smallest absolute Gasteiger partial charge is 0.127 e. The van der Waals surface area contributed by atoms with E-state index >= 15 is 0 Å². The molecule has 0 aromatic carbocycles. The van der Waals surface area contributed by atoms with Crippen molar-refractivity contribution in [2.45, 2.75) is 40.7 Å². The van der Waals surface area contributed by atoms with E-state index in [1.54, 1.807) is 0 Å². The van der Waals surface area contributed by atoms with Gasteiger partial charge in [0.2, 0.25) is 0 Å². The first-order chi connectivity index (χ1) is 6.85. The van der Waals surface area contributed by atoms with E-state index in [2.05, 4.69) is 31.7 Å². The van der Waals surface area contributed by atoms with Crippen molar-refractivity contribution < 1.29 is 0 Å². The van der Waals surface area contributed by atoms with Gasteiger partial charge in [-0.05, 0) is 18.8 Å². The van der Waals surface area contributed by atoms with Crippen molar-refractivity contribution >= 4 is 5.82 Å². The van der Waals surface area contributed by atoms with Gasteiger partial charge in [-0.15, -0.1) is 6.42 Å². The van der Waals surface area contributed by atoms with E-state index in [-0.39, 0.29) is 5.41 Å². The van der Waals surface area contributed by atoms with Gasteiger partial charge in [-0.25, -0.2) is 4.98 Å². The Balaban J connectivity index is 3.03. The molecule has 0 atom stereocenters. The van der Waals surface area contributed by atoms with Crippen molar-refractivity contribution in [3.8, 4) is 12.3 Å². The van der Waals surface area contributed by atoms with Gasteiger partial charge >= 0.3 is 0 Å². The summed E-state index contributed by atoms with van der Waals surface area (Å²) >= 11 is 0. The topological polar surface area (TPSA) is 43.8 Å². The van der Waals surface area contributed by atoms with Crippen LogP contribution in [0.5, 0.6) is 0 Å². The summed E-state index contributed by atoms with van der Waals surface area (Å²) in [6, 6.07) is 0. The molecule has 0 spiro atoms. The largest absolute Gasteiger partial charge is 0.384 e. The Morgan fingerprint density at radius 3 is 2.53 bits per heavy atom. The average molecular weight is 205 g/mol. The second-order valence-electron chi connectivity index (χ2n) is 5.02. The van der Waals surface area contributed by atoms with Crippen molar-refractivity contribution in [2.24, 2.45) is 5.41 Å². The maximum absolute atomic E-state index is 6.00. The molecule has 1 rings (SSSR count). The fourth-order valence-electron chi connectivity index (χ4n) is 1.57. The van der Waals surface area contributed by atoms with Crippen LogP contribution in [0.15, 0.2) is 0 Å². The molecule has 1 aromatic rings. The molecule has 0 bridgehead atoms. The fraction of sp³-hybridized carbons (Fsp3) is 0.583. The van der Waals surface area contributed by atoms with E-state index in [4.69, 9.17) is 12.2 Å². The van der Waals surface area contributed by atoms with Crippen molar-refractivity contribution in [3.05, 3.63) is 11.5 Å². The number of nitrogens with two attached hydrogens (primary N) is 1. The summed E-state index contributed by atoms with van der Waals surface area (Å²) in [5.41, 5.74) is 7.15. The first-order valence-corrected chi connectivity index (χ1v) is 5.10. The second-order valence-corrected chi connectivity index (χ2v) is 5.02. The van der Waals surface area contributed by atoms with Crippen molar-refractivity contribution in [3.63, 3.8) is 0 Å². The molecule has 0 aliphatic rings. The zero-order chi connectivity index (χ0) is 11.6. The van der Waals surface area contributed by atoms with Crippen LogP contribution in [0.25, 0.3) is 0 Å². The van der Waals surface area contributed by atoms with Gasteiger partial charge in [-0.3, -0.25) is 0 Å². The molecule has 3 heteroatoms. The monoisotopic (exact) mass is 205 g/mol. The molecule has 0 unspecified atom stereocenters. The number of rotatable bonds is 2. The Labute approximate surface area is 91.7 Å². The van der Waals surface area contributed by atoms with Crippen LogP contribution in [0.2, 0.25) is 0 Å². The first-order valence-electron chi connectivity index (χ1n) is 5.10. The minimum atomic E-state index is 0.190. The summed E-state index contributed by atoms with van der Waals surface area (Å²) < 4.78 is 1.88. The molecule has 0 saturated carbocycles. The number of terminal acetylenes is 1. The minimum absolute atomic E-state index is 0.190. The number of aryl methyl sites for hydroxylation is 1. The molecule has 15 heavy (non-hydrogen) atoms. The molecule has 0 saturated heterocycles. The van der Waals surface area contributed by atoms with E-state index in [0.717, 1.165) is 17.9 Å². The third-order valence-corrected chi connectivity index (χ3v) is 2.22. The number of nitrogen functional groups attached to an aromatic ring is 1. The number of nitrogens with zero attached hydrogens (tertiary/aromatic N) is 2. The molecule has 3 nitrogen and oxygen atoms in total. The molecule has 1 heterocycles. The Hall–Kier alpha value is -1.43. The van der Waals surface area contributed by atoms with Crippen molar-refractivity contribution in [1.82, 2.24) is 9.55 Å². The molecule has 0 aliphatic carbocycles. The SMILES string of the molecule is C#CCn1c(C)nc(CC(C)(C)C)c1N. The van der Waals surface area contributed by atoms with Crippen molar-refractivity contribution in [1.29, 1.82) is 0 Å². The Kier molecular flexibility index (Phi) is 3.09. The van der Waals surface area contributed by atoms with E-state index < -0.39 is 0 Å². The standard InChI is InChI=1S/C12H19N3/c1-6-7-15-9(2)14-10(11(15)13)8-12(3,4)5/h1H,7-8,13H2,2-5H3. The lowest BCUT2D eigenvalue weighted by atomic mass is 9.90. The Morgan fingerprint density at radius 2 is 2.07 bits per heavy atom. The first kappa shape index (κ1) is 11.6. The highest BCUT2D eigenvalue weighted by molar-refractivity contribution is 5.39. The van der Waals surface area contributed by atoms with Crippen LogP contribution < -0.4 is 5.73 Å². The van der Waals surface area contributed by atoms with Crippen LogP contribution >= 0.6 is 0 Å². The zero-order valence-electron chi connectivity index (χ0n) is 9.96. The lowest BCUT2D eigenvalue weighted by Gasteiger charge is -2.16. The molecular formula is C12H19N3. The van der Waals surface area contributed by atoms with Gasteiger partial charge in [0.1, 0.15) is 11.6 Å². The molecule has 82 valence electrons. The van der Waals surface area contributed by atoms with E-state index in [1.165, 1.54) is 0 Å². The third-order valence-electron chi connectivity index (χ3n) is 2.22. The maximum atomic E-state index is 6.00.